The number of aryl methyl sites for hydroxylation is 1. The van der Waals surface area contributed by atoms with Gasteiger partial charge in [0.1, 0.15) is 5.75 Å². The van der Waals surface area contributed by atoms with E-state index in [1.807, 2.05) is 37.9 Å². The van der Waals surface area contributed by atoms with Crippen molar-refractivity contribution in [3.8, 4) is 5.75 Å². The summed E-state index contributed by atoms with van der Waals surface area (Å²) in [6.07, 6.45) is 1.59. The third-order valence-corrected chi connectivity index (χ3v) is 5.01. The number of carbonyl (C=O) groups is 2. The number of likely N-dealkylation sites (tertiary alicyclic amines) is 1. The molecule has 138 valence electrons. The molecule has 0 saturated carbocycles. The van der Waals surface area contributed by atoms with Crippen LogP contribution < -0.4 is 10.5 Å². The summed E-state index contributed by atoms with van der Waals surface area (Å²) in [5, 5.41) is 0. The number of nitrogens with two attached hydrogens (primary N) is 1. The van der Waals surface area contributed by atoms with Gasteiger partial charge in [-0.25, -0.2) is 0 Å². The highest BCUT2D eigenvalue weighted by Gasteiger charge is 2.30. The van der Waals surface area contributed by atoms with E-state index in [0.717, 1.165) is 29.7 Å². The van der Waals surface area contributed by atoms with Gasteiger partial charge in [0, 0.05) is 25.2 Å². The molecule has 0 bridgehead atoms. The van der Waals surface area contributed by atoms with E-state index in [4.69, 9.17) is 10.5 Å². The third-order valence-electron chi connectivity index (χ3n) is 5.01. The first-order chi connectivity index (χ1) is 11.8. The van der Waals surface area contributed by atoms with E-state index in [-0.39, 0.29) is 23.8 Å². The van der Waals surface area contributed by atoms with E-state index in [1.165, 1.54) is 0 Å². The maximum atomic E-state index is 12.8. The molecule has 6 heteroatoms. The van der Waals surface area contributed by atoms with Crippen LogP contribution in [0.25, 0.3) is 0 Å². The Labute approximate surface area is 149 Å². The van der Waals surface area contributed by atoms with E-state index >= 15 is 0 Å². The number of ether oxygens (including phenoxy) is 1. The quantitative estimate of drug-likeness (QED) is 0.847. The minimum atomic E-state index is -0.317. The summed E-state index contributed by atoms with van der Waals surface area (Å²) in [4.78, 5) is 28.0. The van der Waals surface area contributed by atoms with Crippen LogP contribution in [0, 0.1) is 12.8 Å². The fourth-order valence-corrected chi connectivity index (χ4v) is 3.30. The van der Waals surface area contributed by atoms with Crippen molar-refractivity contribution in [2.45, 2.75) is 39.3 Å². The Balaban J connectivity index is 2.04. The second kappa shape index (κ2) is 8.34. The lowest BCUT2D eigenvalue weighted by Crippen LogP contribution is -2.50. The summed E-state index contributed by atoms with van der Waals surface area (Å²) < 4.78 is 5.42. The maximum Gasteiger partial charge on any atom is 0.239 e. The average Bonchev–Trinajstić information content (AvgIpc) is 2.60. The van der Waals surface area contributed by atoms with Crippen LogP contribution in [-0.4, -0.2) is 54.9 Å². The van der Waals surface area contributed by atoms with Crippen LogP contribution in [-0.2, 0) is 16.1 Å². The highest BCUT2D eigenvalue weighted by Crippen LogP contribution is 2.23. The SMILES string of the molecule is COc1ccc(C)cc1CN(C)[C@H](C)C(=O)N1CCC[C@@H](C(N)=O)C1. The average molecular weight is 347 g/mol. The summed E-state index contributed by atoms with van der Waals surface area (Å²) in [6, 6.07) is 5.76. The van der Waals surface area contributed by atoms with Gasteiger partial charge in [-0.15, -0.1) is 0 Å². The molecular weight excluding hydrogens is 318 g/mol. The van der Waals surface area contributed by atoms with E-state index in [0.29, 0.717) is 19.6 Å². The first kappa shape index (κ1) is 19.2. The number of rotatable bonds is 6. The van der Waals surface area contributed by atoms with Crippen molar-refractivity contribution in [3.05, 3.63) is 29.3 Å². The third kappa shape index (κ3) is 4.72. The molecule has 0 aliphatic carbocycles. The lowest BCUT2D eigenvalue weighted by Gasteiger charge is -2.35. The number of hydrogen-bond acceptors (Lipinski definition) is 4. The van der Waals surface area contributed by atoms with Crippen LogP contribution in [0.1, 0.15) is 30.9 Å². The minimum Gasteiger partial charge on any atom is -0.496 e. The van der Waals surface area contributed by atoms with Crippen molar-refractivity contribution in [2.24, 2.45) is 11.7 Å². The molecule has 1 aromatic rings. The molecule has 2 atom stereocenters. The number of piperidine rings is 1. The fraction of sp³-hybridized carbons (Fsp3) is 0.579. The van der Waals surface area contributed by atoms with Crippen molar-refractivity contribution in [1.29, 1.82) is 0 Å². The second-order valence-electron chi connectivity index (χ2n) is 6.93. The van der Waals surface area contributed by atoms with E-state index in [9.17, 15) is 9.59 Å². The highest BCUT2D eigenvalue weighted by molar-refractivity contribution is 5.83. The summed E-state index contributed by atoms with van der Waals surface area (Å²) in [6.45, 7) is 5.67. The van der Waals surface area contributed by atoms with Gasteiger partial charge in [-0.2, -0.15) is 0 Å². The summed E-state index contributed by atoms with van der Waals surface area (Å²) >= 11 is 0. The van der Waals surface area contributed by atoms with Gasteiger partial charge in [0.15, 0.2) is 0 Å². The van der Waals surface area contributed by atoms with Gasteiger partial charge in [-0.05, 0) is 39.8 Å². The van der Waals surface area contributed by atoms with Crippen molar-refractivity contribution < 1.29 is 14.3 Å². The second-order valence-corrected chi connectivity index (χ2v) is 6.93. The molecule has 1 aliphatic heterocycles. The molecule has 0 spiro atoms. The van der Waals surface area contributed by atoms with Gasteiger partial charge >= 0.3 is 0 Å². The van der Waals surface area contributed by atoms with Gasteiger partial charge in [-0.1, -0.05) is 17.7 Å². The molecule has 1 aliphatic rings. The summed E-state index contributed by atoms with van der Waals surface area (Å²) in [5.74, 6) is 0.319. The molecular formula is C19H29N3O3. The Kier molecular flexibility index (Phi) is 6.42. The molecule has 25 heavy (non-hydrogen) atoms. The first-order valence-electron chi connectivity index (χ1n) is 8.75. The van der Waals surface area contributed by atoms with Gasteiger partial charge in [0.05, 0.1) is 19.1 Å². The zero-order valence-electron chi connectivity index (χ0n) is 15.6. The highest BCUT2D eigenvalue weighted by atomic mass is 16.5. The van der Waals surface area contributed by atoms with Gasteiger partial charge in [-0.3, -0.25) is 14.5 Å². The Morgan fingerprint density at radius 2 is 2.16 bits per heavy atom. The molecule has 2 amide bonds. The van der Waals surface area contributed by atoms with Crippen molar-refractivity contribution in [3.63, 3.8) is 0 Å². The molecule has 0 radical (unpaired) electrons. The standard InChI is InChI=1S/C19H29N3O3/c1-13-7-8-17(25-4)16(10-13)11-21(3)14(2)19(24)22-9-5-6-15(12-22)18(20)23/h7-8,10,14-15H,5-6,9,11-12H2,1-4H3,(H2,20,23)/t14-,15-/m1/s1. The maximum absolute atomic E-state index is 12.8. The first-order valence-corrected chi connectivity index (χ1v) is 8.75. The zero-order chi connectivity index (χ0) is 18.6. The van der Waals surface area contributed by atoms with Gasteiger partial charge < -0.3 is 15.4 Å². The lowest BCUT2D eigenvalue weighted by atomic mass is 9.97. The number of methoxy groups -OCH3 is 1. The fourth-order valence-electron chi connectivity index (χ4n) is 3.30. The normalized spacial score (nSPS) is 18.9. The van der Waals surface area contributed by atoms with Crippen LogP contribution in [0.3, 0.4) is 0 Å². The Morgan fingerprint density at radius 3 is 2.80 bits per heavy atom. The van der Waals surface area contributed by atoms with E-state index < -0.39 is 0 Å². The number of carbonyl (C=O) groups excluding carboxylic acids is 2. The number of nitrogens with zero attached hydrogens (tertiary/aromatic N) is 2. The van der Waals surface area contributed by atoms with Crippen molar-refractivity contribution in [2.75, 3.05) is 27.2 Å². The number of hydrogen-bond donors (Lipinski definition) is 1. The number of amides is 2. The smallest absolute Gasteiger partial charge is 0.239 e. The van der Waals surface area contributed by atoms with E-state index in [1.54, 1.807) is 12.0 Å². The van der Waals surface area contributed by atoms with Crippen LogP contribution in [0.15, 0.2) is 18.2 Å². The summed E-state index contributed by atoms with van der Waals surface area (Å²) in [7, 11) is 3.58. The monoisotopic (exact) mass is 347 g/mol. The van der Waals surface area contributed by atoms with E-state index in [2.05, 4.69) is 6.07 Å². The van der Waals surface area contributed by atoms with Crippen LogP contribution in [0.2, 0.25) is 0 Å². The molecule has 0 aromatic heterocycles. The van der Waals surface area contributed by atoms with Crippen molar-refractivity contribution in [1.82, 2.24) is 9.80 Å². The van der Waals surface area contributed by atoms with Crippen LogP contribution >= 0.6 is 0 Å². The molecule has 1 aromatic carbocycles. The Bertz CT molecular complexity index is 632. The molecule has 6 nitrogen and oxygen atoms in total. The van der Waals surface area contributed by atoms with Crippen molar-refractivity contribution >= 4 is 11.8 Å². The van der Waals surface area contributed by atoms with Gasteiger partial charge in [0.25, 0.3) is 0 Å². The summed E-state index contributed by atoms with van der Waals surface area (Å²) in [5.41, 5.74) is 7.62. The predicted octanol–water partition coefficient (Wildman–Crippen LogP) is 1.55. The molecule has 2 N–H and O–H groups in total. The van der Waals surface area contributed by atoms with Gasteiger partial charge in [0.2, 0.25) is 11.8 Å². The Morgan fingerprint density at radius 1 is 1.44 bits per heavy atom. The van der Waals surface area contributed by atoms with Crippen LogP contribution in [0.4, 0.5) is 0 Å². The minimum absolute atomic E-state index is 0.0417. The predicted molar refractivity (Wildman–Crippen MR) is 97.2 cm³/mol. The molecule has 0 unspecified atom stereocenters. The number of likely N-dealkylation sites (N-methyl/N-ethyl adjacent to an activating group) is 1. The topological polar surface area (TPSA) is 75.9 Å². The lowest BCUT2D eigenvalue weighted by molar-refractivity contribution is -0.139. The Hall–Kier alpha value is -2.08. The zero-order valence-corrected chi connectivity index (χ0v) is 15.6. The number of primary amides is 1. The molecule has 1 fully saturated rings. The molecule has 1 heterocycles. The number of benzene rings is 1. The largest absolute Gasteiger partial charge is 0.496 e. The molecule has 2 rings (SSSR count). The van der Waals surface area contributed by atoms with Crippen LogP contribution in [0.5, 0.6) is 5.75 Å². The molecule has 1 saturated heterocycles.